The zero-order valence-electron chi connectivity index (χ0n) is 15.1. The molecule has 0 spiro atoms. The van der Waals surface area contributed by atoms with Crippen molar-refractivity contribution >= 4 is 5.91 Å². The van der Waals surface area contributed by atoms with Gasteiger partial charge in [-0.05, 0) is 62.9 Å². The second-order valence-corrected chi connectivity index (χ2v) is 6.95. The molecule has 1 saturated heterocycles. The summed E-state index contributed by atoms with van der Waals surface area (Å²) >= 11 is 0. The van der Waals surface area contributed by atoms with Gasteiger partial charge in [-0.1, -0.05) is 26.0 Å². The Hall–Kier alpha value is -1.55. The van der Waals surface area contributed by atoms with Crippen molar-refractivity contribution in [2.45, 2.75) is 46.1 Å². The monoisotopic (exact) mass is 318 g/mol. The van der Waals surface area contributed by atoms with Crippen molar-refractivity contribution in [3.8, 4) is 5.75 Å². The Morgan fingerprint density at radius 3 is 2.78 bits per heavy atom. The first kappa shape index (κ1) is 17.8. The number of amides is 1. The number of aryl methyl sites for hydroxylation is 1. The van der Waals surface area contributed by atoms with Crippen LogP contribution in [0.2, 0.25) is 0 Å². The summed E-state index contributed by atoms with van der Waals surface area (Å²) in [7, 11) is 1.96. The Bertz CT molecular complexity index is 542. The lowest BCUT2D eigenvalue weighted by molar-refractivity contribution is -0.137. The lowest BCUT2D eigenvalue weighted by Crippen LogP contribution is -2.39. The normalized spacial score (nSPS) is 19.2. The number of hydrogen-bond acceptors (Lipinski definition) is 3. The van der Waals surface area contributed by atoms with Gasteiger partial charge in [0.05, 0.1) is 0 Å². The molecule has 1 fully saturated rings. The Labute approximate surface area is 140 Å². The minimum absolute atomic E-state index is 0.0971. The van der Waals surface area contributed by atoms with Gasteiger partial charge in [-0.3, -0.25) is 4.79 Å². The van der Waals surface area contributed by atoms with E-state index in [4.69, 9.17) is 4.74 Å². The number of benzene rings is 1. The topological polar surface area (TPSA) is 41.6 Å². The third-order valence-electron chi connectivity index (χ3n) is 4.53. The van der Waals surface area contributed by atoms with E-state index in [2.05, 4.69) is 31.3 Å². The molecule has 0 aliphatic carbocycles. The molecule has 1 amide bonds. The molecule has 0 radical (unpaired) electrons. The van der Waals surface area contributed by atoms with Gasteiger partial charge >= 0.3 is 0 Å². The first-order valence-electron chi connectivity index (χ1n) is 8.63. The molecule has 1 aliphatic heterocycles. The Morgan fingerprint density at radius 1 is 1.39 bits per heavy atom. The molecule has 0 aromatic heterocycles. The van der Waals surface area contributed by atoms with Gasteiger partial charge in [0.15, 0.2) is 6.10 Å². The van der Waals surface area contributed by atoms with E-state index in [-0.39, 0.29) is 5.91 Å². The fourth-order valence-corrected chi connectivity index (χ4v) is 3.21. The molecular formula is C19H30N2O2. The number of carbonyl (C=O) groups is 1. The maximum absolute atomic E-state index is 12.6. The standard InChI is InChI=1S/C19H30N2O2/c1-13(2)17-7-6-14(3)10-18(17)23-15(4)19(22)21-9-8-16(12-21)11-20-5/h6-7,10,13,15-16,20H,8-9,11-12H2,1-5H3/t15-,16-/m0/s1. The average Bonchev–Trinajstić information content (AvgIpc) is 2.95. The summed E-state index contributed by atoms with van der Waals surface area (Å²) in [5.74, 6) is 1.87. The molecule has 128 valence electrons. The van der Waals surface area contributed by atoms with Gasteiger partial charge in [0.2, 0.25) is 0 Å². The van der Waals surface area contributed by atoms with Crippen molar-refractivity contribution in [2.75, 3.05) is 26.7 Å². The summed E-state index contributed by atoms with van der Waals surface area (Å²) < 4.78 is 6.05. The number of ether oxygens (including phenoxy) is 1. The van der Waals surface area contributed by atoms with E-state index >= 15 is 0 Å². The van der Waals surface area contributed by atoms with Crippen molar-refractivity contribution in [3.05, 3.63) is 29.3 Å². The summed E-state index contributed by atoms with van der Waals surface area (Å²) in [4.78, 5) is 14.6. The molecule has 0 unspecified atom stereocenters. The molecule has 4 nitrogen and oxygen atoms in total. The Morgan fingerprint density at radius 2 is 2.13 bits per heavy atom. The van der Waals surface area contributed by atoms with Gasteiger partial charge in [-0.25, -0.2) is 0 Å². The van der Waals surface area contributed by atoms with Crippen LogP contribution in [0, 0.1) is 12.8 Å². The third kappa shape index (κ3) is 4.47. The van der Waals surface area contributed by atoms with E-state index in [1.807, 2.05) is 31.9 Å². The van der Waals surface area contributed by atoms with Gasteiger partial charge in [0.1, 0.15) is 5.75 Å². The average molecular weight is 318 g/mol. The Kier molecular flexibility index (Phi) is 6.05. The van der Waals surface area contributed by atoms with Crippen molar-refractivity contribution in [1.82, 2.24) is 10.2 Å². The van der Waals surface area contributed by atoms with Gasteiger partial charge in [-0.15, -0.1) is 0 Å². The smallest absolute Gasteiger partial charge is 0.263 e. The zero-order valence-corrected chi connectivity index (χ0v) is 15.1. The van der Waals surface area contributed by atoms with E-state index in [1.54, 1.807) is 0 Å². The molecule has 4 heteroatoms. The molecule has 2 rings (SSSR count). The number of carbonyl (C=O) groups excluding carboxylic acids is 1. The van der Waals surface area contributed by atoms with Gasteiger partial charge in [0, 0.05) is 13.1 Å². The van der Waals surface area contributed by atoms with E-state index < -0.39 is 6.10 Å². The zero-order chi connectivity index (χ0) is 17.0. The summed E-state index contributed by atoms with van der Waals surface area (Å²) in [6, 6.07) is 6.23. The van der Waals surface area contributed by atoms with Crippen molar-refractivity contribution in [2.24, 2.45) is 5.92 Å². The third-order valence-corrected chi connectivity index (χ3v) is 4.53. The van der Waals surface area contributed by atoms with Crippen molar-refractivity contribution in [3.63, 3.8) is 0 Å². The molecule has 2 atom stereocenters. The number of likely N-dealkylation sites (tertiary alicyclic amines) is 1. The van der Waals surface area contributed by atoms with Crippen LogP contribution < -0.4 is 10.1 Å². The molecule has 0 bridgehead atoms. The minimum atomic E-state index is -0.442. The van der Waals surface area contributed by atoms with Crippen LogP contribution in [0.4, 0.5) is 0 Å². The largest absolute Gasteiger partial charge is 0.481 e. The van der Waals surface area contributed by atoms with Crippen LogP contribution in [-0.2, 0) is 4.79 Å². The van der Waals surface area contributed by atoms with Crippen LogP contribution in [0.3, 0.4) is 0 Å². The fraction of sp³-hybridized carbons (Fsp3) is 0.632. The van der Waals surface area contributed by atoms with E-state index in [0.29, 0.717) is 11.8 Å². The van der Waals surface area contributed by atoms with E-state index in [0.717, 1.165) is 42.9 Å². The molecule has 1 aromatic carbocycles. The summed E-state index contributed by atoms with van der Waals surface area (Å²) in [6.07, 6.45) is 0.628. The predicted molar refractivity (Wildman–Crippen MR) is 94.0 cm³/mol. The van der Waals surface area contributed by atoms with Crippen molar-refractivity contribution < 1.29 is 9.53 Å². The van der Waals surface area contributed by atoms with Gasteiger partial charge in [0.25, 0.3) is 5.91 Å². The SMILES string of the molecule is CNC[C@@H]1CCN(C(=O)[C@H](C)Oc2cc(C)ccc2C(C)C)C1. The molecule has 23 heavy (non-hydrogen) atoms. The highest BCUT2D eigenvalue weighted by Crippen LogP contribution is 2.29. The molecule has 1 aliphatic rings. The highest BCUT2D eigenvalue weighted by molar-refractivity contribution is 5.81. The minimum Gasteiger partial charge on any atom is -0.481 e. The number of rotatable bonds is 6. The first-order chi connectivity index (χ1) is 10.9. The molecule has 1 heterocycles. The second-order valence-electron chi connectivity index (χ2n) is 6.95. The fourth-order valence-electron chi connectivity index (χ4n) is 3.21. The summed E-state index contributed by atoms with van der Waals surface area (Å²) in [6.45, 7) is 10.8. The lowest BCUT2D eigenvalue weighted by Gasteiger charge is -2.24. The van der Waals surface area contributed by atoms with Crippen LogP contribution in [-0.4, -0.2) is 43.6 Å². The van der Waals surface area contributed by atoms with Crippen LogP contribution in [0.15, 0.2) is 18.2 Å². The highest BCUT2D eigenvalue weighted by atomic mass is 16.5. The lowest BCUT2D eigenvalue weighted by atomic mass is 10.0. The maximum Gasteiger partial charge on any atom is 0.263 e. The summed E-state index contributed by atoms with van der Waals surface area (Å²) in [5, 5.41) is 3.20. The van der Waals surface area contributed by atoms with Crippen LogP contribution >= 0.6 is 0 Å². The Balaban J connectivity index is 2.03. The van der Waals surface area contributed by atoms with Crippen molar-refractivity contribution in [1.29, 1.82) is 0 Å². The van der Waals surface area contributed by atoms with Gasteiger partial charge in [-0.2, -0.15) is 0 Å². The maximum atomic E-state index is 12.6. The van der Waals surface area contributed by atoms with Crippen LogP contribution in [0.5, 0.6) is 5.75 Å². The highest BCUT2D eigenvalue weighted by Gasteiger charge is 2.29. The first-order valence-corrected chi connectivity index (χ1v) is 8.63. The molecular weight excluding hydrogens is 288 g/mol. The molecule has 0 saturated carbocycles. The van der Waals surface area contributed by atoms with Gasteiger partial charge < -0.3 is 15.0 Å². The van der Waals surface area contributed by atoms with Crippen LogP contribution in [0.1, 0.15) is 44.2 Å². The second kappa shape index (κ2) is 7.82. The molecule has 1 aromatic rings. The summed E-state index contributed by atoms with van der Waals surface area (Å²) in [5.41, 5.74) is 2.31. The van der Waals surface area contributed by atoms with E-state index in [1.165, 1.54) is 0 Å². The van der Waals surface area contributed by atoms with Crippen LogP contribution in [0.25, 0.3) is 0 Å². The number of hydrogen-bond donors (Lipinski definition) is 1. The number of nitrogens with zero attached hydrogens (tertiary/aromatic N) is 1. The van der Waals surface area contributed by atoms with E-state index in [9.17, 15) is 4.79 Å². The number of nitrogens with one attached hydrogen (secondary N) is 1. The predicted octanol–water partition coefficient (Wildman–Crippen LogP) is 2.95. The quantitative estimate of drug-likeness (QED) is 0.877. The molecule has 1 N–H and O–H groups in total.